The lowest BCUT2D eigenvalue weighted by atomic mass is 10.2. The van der Waals surface area contributed by atoms with Gasteiger partial charge in [-0.15, -0.1) is 0 Å². The molecule has 1 rings (SSSR count). The second-order valence-electron chi connectivity index (χ2n) is 1.70. The fraction of sp³-hybridized carbons (Fsp3) is 0.143. The second kappa shape index (κ2) is 3.15. The lowest BCUT2D eigenvalue weighted by molar-refractivity contribution is 1.15. The van der Waals surface area contributed by atoms with Crippen LogP contribution in [0.2, 0.25) is 0 Å². The van der Waals surface area contributed by atoms with Crippen LogP contribution in [0.5, 0.6) is 0 Å². The van der Waals surface area contributed by atoms with Gasteiger partial charge in [-0.25, -0.2) is 0 Å². The van der Waals surface area contributed by atoms with Gasteiger partial charge in [-0.05, 0) is 47.6 Å². The van der Waals surface area contributed by atoms with E-state index in [9.17, 15) is 0 Å². The number of pyridine rings is 1. The van der Waals surface area contributed by atoms with Crippen LogP contribution in [0.4, 0.5) is 0 Å². The van der Waals surface area contributed by atoms with E-state index in [1.165, 1.54) is 5.56 Å². The highest BCUT2D eigenvalue weighted by molar-refractivity contribution is 14.1. The summed E-state index contributed by atoms with van der Waals surface area (Å²) in [7, 11) is 0. The molecule has 9 heavy (non-hydrogen) atoms. The number of hydrogen-bond acceptors (Lipinski definition) is 1. The van der Waals surface area contributed by atoms with E-state index >= 15 is 0 Å². The zero-order valence-electron chi connectivity index (χ0n) is 4.97. The van der Waals surface area contributed by atoms with Crippen LogP contribution in [-0.2, 0) is 6.42 Å². The highest BCUT2D eigenvalue weighted by Crippen LogP contribution is 2.07. The quantitative estimate of drug-likeness (QED) is 0.533. The minimum atomic E-state index is 0.826. The minimum Gasteiger partial charge on any atom is -0.250 e. The van der Waals surface area contributed by atoms with Crippen LogP contribution in [0.15, 0.2) is 18.3 Å². The Bertz CT molecular complexity index is 198. The Hall–Kier alpha value is -0.120. The molecule has 0 bridgehead atoms. The fourth-order valence-corrected chi connectivity index (χ4v) is 1.22. The Morgan fingerprint density at radius 2 is 2.44 bits per heavy atom. The normalized spacial score (nSPS) is 9.56. The van der Waals surface area contributed by atoms with Gasteiger partial charge in [-0.1, -0.05) is 6.07 Å². The van der Waals surface area contributed by atoms with Gasteiger partial charge in [0, 0.05) is 6.20 Å². The molecule has 1 radical (unpaired) electrons. The molecule has 1 aromatic rings. The average Bonchev–Trinajstić information content (AvgIpc) is 1.89. The molecule has 0 aromatic carbocycles. The zero-order valence-corrected chi connectivity index (χ0v) is 7.13. The third-order valence-corrected chi connectivity index (χ3v) is 2.08. The summed E-state index contributed by atoms with van der Waals surface area (Å²) in [6.07, 6.45) is 2.62. The van der Waals surface area contributed by atoms with Crippen molar-refractivity contribution in [3.63, 3.8) is 0 Å². The Morgan fingerprint density at radius 1 is 1.67 bits per heavy atom. The largest absolute Gasteiger partial charge is 0.250 e. The van der Waals surface area contributed by atoms with Crippen LogP contribution >= 0.6 is 22.6 Å². The molecule has 0 N–H and O–H groups in total. The van der Waals surface area contributed by atoms with Gasteiger partial charge >= 0.3 is 0 Å². The molecule has 0 aliphatic carbocycles. The fourth-order valence-electron chi connectivity index (χ4n) is 0.606. The summed E-state index contributed by atoms with van der Waals surface area (Å²) < 4.78 is 1.06. The van der Waals surface area contributed by atoms with Crippen LogP contribution in [0.1, 0.15) is 5.56 Å². The third kappa shape index (κ3) is 1.64. The predicted molar refractivity (Wildman–Crippen MR) is 46.0 cm³/mol. The molecule has 0 amide bonds. The molecular formula is C7H7IN. The van der Waals surface area contributed by atoms with E-state index in [-0.39, 0.29) is 0 Å². The van der Waals surface area contributed by atoms with E-state index in [2.05, 4.69) is 34.5 Å². The molecule has 0 aliphatic heterocycles. The standard InChI is InChI=1S/C7H7IN/c1-2-6-4-3-5-9-7(6)8/h3-5H,1-2H2. The molecule has 0 fully saturated rings. The van der Waals surface area contributed by atoms with Gasteiger partial charge in [0.2, 0.25) is 0 Å². The highest BCUT2D eigenvalue weighted by Gasteiger charge is 1.93. The molecule has 47 valence electrons. The lowest BCUT2D eigenvalue weighted by Gasteiger charge is -1.95. The Kier molecular flexibility index (Phi) is 2.45. The number of hydrogen-bond donors (Lipinski definition) is 0. The topological polar surface area (TPSA) is 12.9 Å². The third-order valence-electron chi connectivity index (χ3n) is 1.11. The van der Waals surface area contributed by atoms with E-state index in [1.54, 1.807) is 6.20 Å². The maximum Gasteiger partial charge on any atom is 0.104 e. The second-order valence-corrected chi connectivity index (χ2v) is 2.73. The molecule has 1 heterocycles. The smallest absolute Gasteiger partial charge is 0.104 e. The maximum atomic E-state index is 4.10. The lowest BCUT2D eigenvalue weighted by Crippen LogP contribution is -1.87. The first kappa shape index (κ1) is 6.99. The van der Waals surface area contributed by atoms with Crippen molar-refractivity contribution in [3.05, 3.63) is 34.5 Å². The molecule has 0 saturated heterocycles. The SMILES string of the molecule is [CH2]Cc1cccnc1I. The van der Waals surface area contributed by atoms with E-state index < -0.39 is 0 Å². The summed E-state index contributed by atoms with van der Waals surface area (Å²) in [5.41, 5.74) is 1.22. The molecule has 2 heteroatoms. The van der Waals surface area contributed by atoms with E-state index in [1.807, 2.05) is 12.1 Å². The van der Waals surface area contributed by atoms with Crippen LogP contribution in [-0.4, -0.2) is 4.98 Å². The predicted octanol–water partition coefficient (Wildman–Crippen LogP) is 2.06. The molecule has 0 unspecified atom stereocenters. The number of rotatable bonds is 1. The van der Waals surface area contributed by atoms with Gasteiger partial charge in [0.15, 0.2) is 0 Å². The average molecular weight is 232 g/mol. The minimum absolute atomic E-state index is 0.826. The van der Waals surface area contributed by atoms with Gasteiger partial charge in [0.25, 0.3) is 0 Å². The summed E-state index contributed by atoms with van der Waals surface area (Å²) in [4.78, 5) is 4.10. The van der Waals surface area contributed by atoms with E-state index in [4.69, 9.17) is 0 Å². The first-order valence-corrected chi connectivity index (χ1v) is 3.81. The van der Waals surface area contributed by atoms with Crippen molar-refractivity contribution in [1.82, 2.24) is 4.98 Å². The number of nitrogens with zero attached hydrogens (tertiary/aromatic N) is 1. The Balaban J connectivity index is 3.01. The highest BCUT2D eigenvalue weighted by atomic mass is 127. The van der Waals surface area contributed by atoms with Crippen molar-refractivity contribution < 1.29 is 0 Å². The number of halogens is 1. The van der Waals surface area contributed by atoms with Gasteiger partial charge in [0.05, 0.1) is 0 Å². The van der Waals surface area contributed by atoms with Crippen molar-refractivity contribution in [1.29, 1.82) is 0 Å². The Labute approximate surface area is 68.6 Å². The molecule has 0 atom stereocenters. The van der Waals surface area contributed by atoms with Gasteiger partial charge < -0.3 is 0 Å². The molecule has 1 aromatic heterocycles. The van der Waals surface area contributed by atoms with Crippen LogP contribution in [0.3, 0.4) is 0 Å². The van der Waals surface area contributed by atoms with Crippen LogP contribution in [0.25, 0.3) is 0 Å². The molecular weight excluding hydrogens is 225 g/mol. The molecule has 0 saturated carbocycles. The Morgan fingerprint density at radius 3 is 2.89 bits per heavy atom. The first-order chi connectivity index (χ1) is 4.34. The molecule has 0 aliphatic rings. The van der Waals surface area contributed by atoms with Crippen molar-refractivity contribution in [2.45, 2.75) is 6.42 Å². The molecule has 0 spiro atoms. The van der Waals surface area contributed by atoms with E-state index in [0.29, 0.717) is 0 Å². The summed E-state index contributed by atoms with van der Waals surface area (Å²) >= 11 is 2.21. The summed E-state index contributed by atoms with van der Waals surface area (Å²) in [6.45, 7) is 3.77. The summed E-state index contributed by atoms with van der Waals surface area (Å²) in [6, 6.07) is 3.98. The monoisotopic (exact) mass is 232 g/mol. The van der Waals surface area contributed by atoms with Crippen molar-refractivity contribution >= 4 is 22.6 Å². The van der Waals surface area contributed by atoms with Crippen molar-refractivity contribution in [2.24, 2.45) is 0 Å². The van der Waals surface area contributed by atoms with Gasteiger partial charge in [0.1, 0.15) is 3.70 Å². The van der Waals surface area contributed by atoms with Crippen LogP contribution < -0.4 is 0 Å². The summed E-state index contributed by atoms with van der Waals surface area (Å²) in [5.74, 6) is 0. The number of aromatic nitrogens is 1. The molecule has 1 nitrogen and oxygen atoms in total. The van der Waals surface area contributed by atoms with E-state index in [0.717, 1.165) is 10.1 Å². The van der Waals surface area contributed by atoms with Crippen LogP contribution in [0, 0.1) is 10.6 Å². The van der Waals surface area contributed by atoms with Gasteiger partial charge in [-0.3, -0.25) is 4.98 Å². The zero-order chi connectivity index (χ0) is 6.69. The van der Waals surface area contributed by atoms with Crippen molar-refractivity contribution in [3.8, 4) is 0 Å². The first-order valence-electron chi connectivity index (χ1n) is 2.73. The van der Waals surface area contributed by atoms with Crippen molar-refractivity contribution in [2.75, 3.05) is 0 Å². The summed E-state index contributed by atoms with van der Waals surface area (Å²) in [5, 5.41) is 0. The maximum absolute atomic E-state index is 4.10. The van der Waals surface area contributed by atoms with Gasteiger partial charge in [-0.2, -0.15) is 0 Å².